The zero-order valence-electron chi connectivity index (χ0n) is 12.4. The minimum absolute atomic E-state index is 0.124. The van der Waals surface area contributed by atoms with Crippen LogP contribution in [0.25, 0.3) is 0 Å². The average Bonchev–Trinajstić information content (AvgIpc) is 2.90. The first-order chi connectivity index (χ1) is 11.1. The molecule has 2 aromatic rings. The van der Waals surface area contributed by atoms with Gasteiger partial charge in [0.15, 0.2) is 0 Å². The number of nitrogens with one attached hydrogen (secondary N) is 1. The second-order valence-corrected chi connectivity index (χ2v) is 5.79. The summed E-state index contributed by atoms with van der Waals surface area (Å²) in [5, 5.41) is 3.33. The minimum Gasteiger partial charge on any atom is -0.344 e. The fourth-order valence-electron chi connectivity index (χ4n) is 2.66. The monoisotopic (exact) mass is 329 g/mol. The van der Waals surface area contributed by atoms with Crippen molar-refractivity contribution < 1.29 is 9.59 Å². The molecule has 0 saturated carbocycles. The van der Waals surface area contributed by atoms with Crippen LogP contribution in [-0.4, -0.2) is 29.4 Å². The second kappa shape index (κ2) is 6.79. The molecule has 1 fully saturated rings. The van der Waals surface area contributed by atoms with Gasteiger partial charge in [-0.2, -0.15) is 0 Å². The van der Waals surface area contributed by atoms with Crippen LogP contribution in [0, 0.1) is 0 Å². The van der Waals surface area contributed by atoms with Gasteiger partial charge in [-0.25, -0.2) is 0 Å². The van der Waals surface area contributed by atoms with Gasteiger partial charge in [0, 0.05) is 18.9 Å². The molecular weight excluding hydrogens is 314 g/mol. The van der Waals surface area contributed by atoms with Crippen LogP contribution in [-0.2, 0) is 16.0 Å². The van der Waals surface area contributed by atoms with E-state index in [2.05, 4.69) is 10.3 Å². The molecule has 1 unspecified atom stereocenters. The molecule has 0 bridgehead atoms. The number of anilines is 1. The molecule has 5 nitrogen and oxygen atoms in total. The van der Waals surface area contributed by atoms with Crippen molar-refractivity contribution in [1.82, 2.24) is 10.3 Å². The van der Waals surface area contributed by atoms with Crippen molar-refractivity contribution in [2.24, 2.45) is 0 Å². The predicted molar refractivity (Wildman–Crippen MR) is 88.3 cm³/mol. The highest BCUT2D eigenvalue weighted by atomic mass is 35.5. The van der Waals surface area contributed by atoms with Gasteiger partial charge in [0.05, 0.1) is 17.1 Å². The van der Waals surface area contributed by atoms with Gasteiger partial charge in [0.25, 0.3) is 0 Å². The Morgan fingerprint density at radius 1 is 1.26 bits per heavy atom. The van der Waals surface area contributed by atoms with Gasteiger partial charge in [0.2, 0.25) is 11.8 Å². The molecule has 1 N–H and O–H groups in total. The highest BCUT2D eigenvalue weighted by molar-refractivity contribution is 6.34. The van der Waals surface area contributed by atoms with Crippen molar-refractivity contribution in [2.45, 2.75) is 18.9 Å². The first-order valence-corrected chi connectivity index (χ1v) is 7.77. The zero-order chi connectivity index (χ0) is 16.2. The van der Waals surface area contributed by atoms with Crippen LogP contribution in [0.1, 0.15) is 12.0 Å². The molecule has 1 aromatic carbocycles. The molecule has 6 heteroatoms. The zero-order valence-corrected chi connectivity index (χ0v) is 13.2. The first-order valence-electron chi connectivity index (χ1n) is 7.39. The maximum atomic E-state index is 12.5. The maximum Gasteiger partial charge on any atom is 0.249 e. The van der Waals surface area contributed by atoms with Crippen LogP contribution >= 0.6 is 11.6 Å². The van der Waals surface area contributed by atoms with Crippen LogP contribution in [0.15, 0.2) is 48.8 Å². The number of aromatic nitrogens is 1. The van der Waals surface area contributed by atoms with Crippen molar-refractivity contribution in [2.75, 3.05) is 11.4 Å². The molecule has 118 valence electrons. The van der Waals surface area contributed by atoms with Gasteiger partial charge in [-0.3, -0.25) is 14.6 Å². The Kier molecular flexibility index (Phi) is 4.57. The number of nitrogens with zero attached hydrogens (tertiary/aromatic N) is 2. The Bertz CT molecular complexity index is 721. The van der Waals surface area contributed by atoms with Crippen LogP contribution in [0.5, 0.6) is 0 Å². The lowest BCUT2D eigenvalue weighted by molar-refractivity contribution is -0.126. The number of para-hydroxylation sites is 1. The summed E-state index contributed by atoms with van der Waals surface area (Å²) in [5.41, 5.74) is 1.55. The highest BCUT2D eigenvalue weighted by Crippen LogP contribution is 2.28. The number of rotatable bonds is 4. The number of benzene rings is 1. The van der Waals surface area contributed by atoms with Crippen LogP contribution in [0.3, 0.4) is 0 Å². The van der Waals surface area contributed by atoms with Crippen molar-refractivity contribution in [3.05, 3.63) is 59.4 Å². The van der Waals surface area contributed by atoms with E-state index in [1.54, 1.807) is 41.6 Å². The largest absolute Gasteiger partial charge is 0.344 e. The molecule has 1 aliphatic heterocycles. The summed E-state index contributed by atoms with van der Waals surface area (Å²) >= 11 is 6.14. The van der Waals surface area contributed by atoms with E-state index in [1.807, 2.05) is 12.1 Å². The van der Waals surface area contributed by atoms with Crippen LogP contribution < -0.4 is 10.2 Å². The molecule has 3 rings (SSSR count). The lowest BCUT2D eigenvalue weighted by Gasteiger charge is -2.18. The molecule has 2 heterocycles. The molecular formula is C17H16ClN3O2. The van der Waals surface area contributed by atoms with Gasteiger partial charge >= 0.3 is 0 Å². The van der Waals surface area contributed by atoms with E-state index < -0.39 is 6.04 Å². The smallest absolute Gasteiger partial charge is 0.249 e. The van der Waals surface area contributed by atoms with Crippen molar-refractivity contribution >= 4 is 29.1 Å². The molecule has 0 radical (unpaired) electrons. The SMILES string of the molecule is O=C(Cc1ccncc1)NC1CCN(c2ccccc2Cl)C1=O. The maximum absolute atomic E-state index is 12.5. The lowest BCUT2D eigenvalue weighted by atomic mass is 10.1. The molecule has 0 spiro atoms. The number of hydrogen-bond donors (Lipinski definition) is 1. The Balaban J connectivity index is 1.63. The van der Waals surface area contributed by atoms with Crippen LogP contribution in [0.4, 0.5) is 5.69 Å². The number of halogens is 1. The van der Waals surface area contributed by atoms with E-state index in [1.165, 1.54) is 0 Å². The lowest BCUT2D eigenvalue weighted by Crippen LogP contribution is -2.42. The third-order valence-corrected chi connectivity index (χ3v) is 4.12. The standard InChI is InChI=1S/C17H16ClN3O2/c18-13-3-1-2-4-15(13)21-10-7-14(17(21)23)20-16(22)11-12-5-8-19-9-6-12/h1-6,8-9,14H,7,10-11H2,(H,20,22). The summed E-state index contributed by atoms with van der Waals surface area (Å²) in [5.74, 6) is -0.295. The third-order valence-electron chi connectivity index (χ3n) is 3.80. The first kappa shape index (κ1) is 15.5. The average molecular weight is 330 g/mol. The van der Waals surface area contributed by atoms with Gasteiger partial charge in [-0.1, -0.05) is 23.7 Å². The molecule has 1 atom stereocenters. The number of carbonyl (C=O) groups is 2. The Morgan fingerprint density at radius 2 is 2.00 bits per heavy atom. The molecule has 1 aromatic heterocycles. The van der Waals surface area contributed by atoms with Gasteiger partial charge in [-0.15, -0.1) is 0 Å². The Hall–Kier alpha value is -2.40. The third kappa shape index (κ3) is 3.51. The summed E-state index contributed by atoms with van der Waals surface area (Å²) < 4.78 is 0. The normalized spacial score (nSPS) is 17.3. The van der Waals surface area contributed by atoms with Gasteiger partial charge in [0.1, 0.15) is 6.04 Å². The van der Waals surface area contributed by atoms with Crippen molar-refractivity contribution in [3.8, 4) is 0 Å². The summed E-state index contributed by atoms with van der Waals surface area (Å²) in [6.45, 7) is 0.544. The predicted octanol–water partition coefficient (Wildman–Crippen LogP) is 2.20. The quantitative estimate of drug-likeness (QED) is 0.935. The molecule has 23 heavy (non-hydrogen) atoms. The van der Waals surface area contributed by atoms with Crippen molar-refractivity contribution in [1.29, 1.82) is 0 Å². The number of carbonyl (C=O) groups excluding carboxylic acids is 2. The number of hydrogen-bond acceptors (Lipinski definition) is 3. The van der Waals surface area contributed by atoms with E-state index in [4.69, 9.17) is 11.6 Å². The number of amides is 2. The number of pyridine rings is 1. The Morgan fingerprint density at radius 3 is 2.74 bits per heavy atom. The molecule has 1 aliphatic rings. The Labute approximate surface area is 139 Å². The fraction of sp³-hybridized carbons (Fsp3) is 0.235. The van der Waals surface area contributed by atoms with E-state index in [0.717, 1.165) is 5.56 Å². The molecule has 1 saturated heterocycles. The van der Waals surface area contributed by atoms with Crippen molar-refractivity contribution in [3.63, 3.8) is 0 Å². The summed E-state index contributed by atoms with van der Waals surface area (Å²) in [7, 11) is 0. The van der Waals surface area contributed by atoms with E-state index in [9.17, 15) is 9.59 Å². The van der Waals surface area contributed by atoms with E-state index in [0.29, 0.717) is 23.7 Å². The topological polar surface area (TPSA) is 62.3 Å². The molecule has 2 amide bonds. The van der Waals surface area contributed by atoms with Gasteiger partial charge in [-0.05, 0) is 36.2 Å². The minimum atomic E-state index is -0.499. The molecule has 0 aliphatic carbocycles. The summed E-state index contributed by atoms with van der Waals surface area (Å²) in [6, 6.07) is 10.3. The van der Waals surface area contributed by atoms with E-state index in [-0.39, 0.29) is 18.2 Å². The highest BCUT2D eigenvalue weighted by Gasteiger charge is 2.34. The fourth-order valence-corrected chi connectivity index (χ4v) is 2.89. The van der Waals surface area contributed by atoms with E-state index >= 15 is 0 Å². The summed E-state index contributed by atoms with van der Waals surface area (Å²) in [6.07, 6.45) is 4.09. The van der Waals surface area contributed by atoms with Gasteiger partial charge < -0.3 is 10.2 Å². The summed E-state index contributed by atoms with van der Waals surface area (Å²) in [4.78, 5) is 30.1. The second-order valence-electron chi connectivity index (χ2n) is 5.38. The van der Waals surface area contributed by atoms with Crippen LogP contribution in [0.2, 0.25) is 5.02 Å².